The molecule has 17 heavy (non-hydrogen) atoms. The van der Waals surface area contributed by atoms with E-state index >= 15 is 0 Å². The van der Waals surface area contributed by atoms with Gasteiger partial charge in [-0.15, -0.1) is 12.4 Å². The lowest BCUT2D eigenvalue weighted by molar-refractivity contribution is 0.0791. The quantitative estimate of drug-likeness (QED) is 0.867. The highest BCUT2D eigenvalue weighted by Gasteiger charge is 2.23. The Morgan fingerprint density at radius 1 is 1.47 bits per heavy atom. The van der Waals surface area contributed by atoms with E-state index in [9.17, 15) is 5.11 Å². The molecule has 1 aromatic rings. The maximum atomic E-state index is 9.90. The molecule has 5 heteroatoms. The van der Waals surface area contributed by atoms with Gasteiger partial charge in [0.15, 0.2) is 0 Å². The van der Waals surface area contributed by atoms with Crippen molar-refractivity contribution in [1.82, 2.24) is 5.32 Å². The average molecular weight is 341 g/mol. The predicted molar refractivity (Wildman–Crippen MR) is 77.1 cm³/mol. The Balaban J connectivity index is 0.00000144. The van der Waals surface area contributed by atoms with Crippen LogP contribution in [-0.4, -0.2) is 24.3 Å². The molecule has 1 aliphatic heterocycles. The molecule has 2 nitrogen and oxygen atoms in total. The molecule has 0 radical (unpaired) electrons. The van der Waals surface area contributed by atoms with Gasteiger partial charge in [0.2, 0.25) is 0 Å². The van der Waals surface area contributed by atoms with E-state index < -0.39 is 0 Å². The number of halogens is 3. The molecule has 1 heterocycles. The third-order valence-corrected chi connectivity index (χ3v) is 3.92. The number of hydrogen-bond donors (Lipinski definition) is 2. The summed E-state index contributed by atoms with van der Waals surface area (Å²) in [6.07, 6.45) is 1.44. The topological polar surface area (TPSA) is 32.3 Å². The van der Waals surface area contributed by atoms with Crippen molar-refractivity contribution < 1.29 is 5.11 Å². The van der Waals surface area contributed by atoms with Crippen molar-refractivity contribution in [2.75, 3.05) is 13.1 Å². The summed E-state index contributed by atoms with van der Waals surface area (Å²) in [6, 6.07) is 5.86. The number of hydrogen-bond acceptors (Lipinski definition) is 2. The van der Waals surface area contributed by atoms with Crippen LogP contribution >= 0.6 is 39.9 Å². The average Bonchev–Trinajstić information content (AvgIpc) is 2.27. The molecule has 1 fully saturated rings. The van der Waals surface area contributed by atoms with Crippen LogP contribution in [0.2, 0.25) is 5.02 Å². The van der Waals surface area contributed by atoms with Crippen molar-refractivity contribution in [3.63, 3.8) is 0 Å². The Labute approximate surface area is 121 Å². The Hall–Kier alpha value is 0.200. The smallest absolute Gasteiger partial charge is 0.0595 e. The third-order valence-electron chi connectivity index (χ3n) is 3.06. The van der Waals surface area contributed by atoms with Gasteiger partial charge in [0.1, 0.15) is 0 Å². The van der Waals surface area contributed by atoms with Crippen LogP contribution in [0.1, 0.15) is 12.0 Å². The first kappa shape index (κ1) is 15.3. The first-order valence-electron chi connectivity index (χ1n) is 5.49. The van der Waals surface area contributed by atoms with Gasteiger partial charge in [0.05, 0.1) is 6.10 Å². The standard InChI is InChI=1S/C12H15BrClNO.ClH/c13-10-1-2-11(14)8(6-10)5-9-7-15-4-3-12(9)16;/h1-2,6,9,12,15-16H,3-5,7H2;1H/t9-,12-;/m0./s1. The van der Waals surface area contributed by atoms with Gasteiger partial charge in [-0.3, -0.25) is 0 Å². The third kappa shape index (κ3) is 4.11. The molecule has 2 N–H and O–H groups in total. The number of nitrogens with one attached hydrogen (secondary N) is 1. The van der Waals surface area contributed by atoms with Gasteiger partial charge in [0.25, 0.3) is 0 Å². The Morgan fingerprint density at radius 3 is 2.94 bits per heavy atom. The van der Waals surface area contributed by atoms with E-state index in [2.05, 4.69) is 21.2 Å². The highest BCUT2D eigenvalue weighted by Crippen LogP contribution is 2.25. The summed E-state index contributed by atoms with van der Waals surface area (Å²) in [5.74, 6) is 0.264. The highest BCUT2D eigenvalue weighted by atomic mass is 79.9. The maximum absolute atomic E-state index is 9.90. The minimum absolute atomic E-state index is 0. The van der Waals surface area contributed by atoms with Gasteiger partial charge in [-0.2, -0.15) is 0 Å². The van der Waals surface area contributed by atoms with Crippen LogP contribution in [0.15, 0.2) is 22.7 Å². The summed E-state index contributed by atoms with van der Waals surface area (Å²) in [4.78, 5) is 0. The lowest BCUT2D eigenvalue weighted by Gasteiger charge is -2.28. The van der Waals surface area contributed by atoms with E-state index in [1.54, 1.807) is 0 Å². The fraction of sp³-hybridized carbons (Fsp3) is 0.500. The van der Waals surface area contributed by atoms with Crippen molar-refractivity contribution in [3.8, 4) is 0 Å². The molecular formula is C12H16BrCl2NO. The SMILES string of the molecule is Cl.O[C@H]1CCNC[C@@H]1Cc1cc(Br)ccc1Cl. The van der Waals surface area contributed by atoms with Gasteiger partial charge >= 0.3 is 0 Å². The fourth-order valence-corrected chi connectivity index (χ4v) is 2.70. The summed E-state index contributed by atoms with van der Waals surface area (Å²) in [6.45, 7) is 1.77. The number of piperidine rings is 1. The molecule has 0 unspecified atom stereocenters. The summed E-state index contributed by atoms with van der Waals surface area (Å²) in [5.41, 5.74) is 1.10. The molecule has 1 aromatic carbocycles. The largest absolute Gasteiger partial charge is 0.393 e. The summed E-state index contributed by atoms with van der Waals surface area (Å²) >= 11 is 9.58. The highest BCUT2D eigenvalue weighted by molar-refractivity contribution is 9.10. The Kier molecular flexibility index (Phi) is 6.24. The zero-order valence-electron chi connectivity index (χ0n) is 9.33. The molecule has 0 saturated carbocycles. The normalized spacial score (nSPS) is 24.2. The minimum atomic E-state index is -0.212. The van der Waals surface area contributed by atoms with Gasteiger partial charge in [-0.05, 0) is 43.1 Å². The second-order valence-corrected chi connectivity index (χ2v) is 5.58. The lowest BCUT2D eigenvalue weighted by atomic mass is 9.90. The van der Waals surface area contributed by atoms with Crippen LogP contribution in [0.4, 0.5) is 0 Å². The molecule has 0 aliphatic carbocycles. The Bertz CT molecular complexity index is 376. The lowest BCUT2D eigenvalue weighted by Crippen LogP contribution is -2.40. The molecular weight excluding hydrogens is 325 g/mol. The first-order chi connectivity index (χ1) is 7.66. The van der Waals surface area contributed by atoms with E-state index in [1.807, 2.05) is 18.2 Å². The van der Waals surface area contributed by atoms with Crippen LogP contribution in [0.5, 0.6) is 0 Å². The van der Waals surface area contributed by atoms with E-state index in [-0.39, 0.29) is 24.4 Å². The van der Waals surface area contributed by atoms with Gasteiger partial charge < -0.3 is 10.4 Å². The summed E-state index contributed by atoms with van der Waals surface area (Å²) in [5, 5.41) is 14.0. The van der Waals surface area contributed by atoms with Crippen LogP contribution in [0.25, 0.3) is 0 Å². The number of rotatable bonds is 2. The van der Waals surface area contributed by atoms with Crippen molar-refractivity contribution in [2.45, 2.75) is 18.9 Å². The maximum Gasteiger partial charge on any atom is 0.0595 e. The fourth-order valence-electron chi connectivity index (χ4n) is 2.10. The van der Waals surface area contributed by atoms with Gasteiger partial charge in [-0.1, -0.05) is 27.5 Å². The molecule has 1 saturated heterocycles. The molecule has 0 spiro atoms. The Morgan fingerprint density at radius 2 is 2.24 bits per heavy atom. The van der Waals surface area contributed by atoms with Crippen LogP contribution in [-0.2, 0) is 6.42 Å². The molecule has 2 rings (SSSR count). The first-order valence-corrected chi connectivity index (χ1v) is 6.66. The van der Waals surface area contributed by atoms with E-state index in [0.717, 1.165) is 41.0 Å². The molecule has 0 aromatic heterocycles. The molecule has 0 amide bonds. The second-order valence-electron chi connectivity index (χ2n) is 4.26. The second kappa shape index (κ2) is 6.95. The molecule has 2 atom stereocenters. The number of benzene rings is 1. The van der Waals surface area contributed by atoms with Crippen LogP contribution in [0, 0.1) is 5.92 Å². The van der Waals surface area contributed by atoms with Crippen LogP contribution < -0.4 is 5.32 Å². The number of aliphatic hydroxyl groups excluding tert-OH is 1. The van der Waals surface area contributed by atoms with Crippen LogP contribution in [0.3, 0.4) is 0 Å². The van der Waals surface area contributed by atoms with Gasteiger partial charge in [-0.25, -0.2) is 0 Å². The van der Waals surface area contributed by atoms with Crippen molar-refractivity contribution in [1.29, 1.82) is 0 Å². The van der Waals surface area contributed by atoms with E-state index in [1.165, 1.54) is 0 Å². The van der Waals surface area contributed by atoms with Crippen molar-refractivity contribution in [2.24, 2.45) is 5.92 Å². The minimum Gasteiger partial charge on any atom is -0.393 e. The van der Waals surface area contributed by atoms with Gasteiger partial charge in [0, 0.05) is 22.0 Å². The summed E-state index contributed by atoms with van der Waals surface area (Å²) < 4.78 is 1.03. The molecule has 96 valence electrons. The summed E-state index contributed by atoms with van der Waals surface area (Å²) in [7, 11) is 0. The van der Waals surface area contributed by atoms with Crippen molar-refractivity contribution in [3.05, 3.63) is 33.3 Å². The van der Waals surface area contributed by atoms with E-state index in [0.29, 0.717) is 0 Å². The zero-order chi connectivity index (χ0) is 11.5. The van der Waals surface area contributed by atoms with Crippen molar-refractivity contribution >= 4 is 39.9 Å². The molecule has 0 bridgehead atoms. The van der Waals surface area contributed by atoms with E-state index in [4.69, 9.17) is 11.6 Å². The zero-order valence-corrected chi connectivity index (χ0v) is 12.5. The monoisotopic (exact) mass is 339 g/mol. The number of aliphatic hydroxyl groups is 1. The molecule has 1 aliphatic rings. The predicted octanol–water partition coefficient (Wildman–Crippen LogP) is 3.04.